The van der Waals surface area contributed by atoms with Crippen LogP contribution < -0.4 is 11.1 Å². The summed E-state index contributed by atoms with van der Waals surface area (Å²) >= 11 is 0. The first kappa shape index (κ1) is 24.8. The number of benzene rings is 3. The maximum Gasteiger partial charge on any atom is 0.408 e. The van der Waals surface area contributed by atoms with Crippen LogP contribution in [-0.4, -0.2) is 50.4 Å². The van der Waals surface area contributed by atoms with Crippen molar-refractivity contribution >= 4 is 17.9 Å². The topological polar surface area (TPSA) is 131 Å². The highest BCUT2D eigenvalue weighted by molar-refractivity contribution is 5.95. The lowest BCUT2D eigenvalue weighted by Gasteiger charge is -2.38. The molecular weight excluding hydrogens is 482 g/mol. The zero-order chi connectivity index (χ0) is 26.8. The molecule has 192 valence electrons. The average molecular weight is 510 g/mol. The number of nitrogens with zero attached hydrogens (tertiary/aromatic N) is 3. The predicted molar refractivity (Wildman–Crippen MR) is 142 cm³/mol. The Labute approximate surface area is 219 Å². The van der Waals surface area contributed by atoms with Crippen LogP contribution in [-0.2, 0) is 6.42 Å². The Morgan fingerprint density at radius 3 is 2.37 bits per heavy atom. The van der Waals surface area contributed by atoms with Gasteiger partial charge in [0, 0.05) is 24.2 Å². The van der Waals surface area contributed by atoms with Crippen LogP contribution >= 0.6 is 0 Å². The summed E-state index contributed by atoms with van der Waals surface area (Å²) in [6.45, 7) is 2.27. The second kappa shape index (κ2) is 10.2. The molecule has 9 heteroatoms. The molecule has 1 fully saturated rings. The van der Waals surface area contributed by atoms with Crippen LogP contribution in [0.5, 0.6) is 0 Å². The van der Waals surface area contributed by atoms with Crippen molar-refractivity contribution in [2.75, 3.05) is 6.54 Å². The van der Waals surface area contributed by atoms with Gasteiger partial charge >= 0.3 is 6.09 Å². The molecule has 5 rings (SSSR count). The second-order valence-electron chi connectivity index (χ2n) is 9.28. The molecule has 1 aromatic heterocycles. The molecule has 9 nitrogen and oxygen atoms in total. The van der Waals surface area contributed by atoms with Crippen LogP contribution in [0.1, 0.15) is 44.1 Å². The summed E-state index contributed by atoms with van der Waals surface area (Å²) in [6, 6.07) is 25.0. The largest absolute Gasteiger partial charge is 0.465 e. The zero-order valence-electron chi connectivity index (χ0n) is 20.8. The summed E-state index contributed by atoms with van der Waals surface area (Å²) in [5.74, 6) is -0.884. The fourth-order valence-electron chi connectivity index (χ4n) is 4.61. The minimum absolute atomic E-state index is 0.211. The summed E-state index contributed by atoms with van der Waals surface area (Å²) < 4.78 is 1.67. The molecular formula is C29H27N5O4. The Balaban J connectivity index is 1.42. The van der Waals surface area contributed by atoms with E-state index in [9.17, 15) is 19.5 Å². The van der Waals surface area contributed by atoms with Crippen molar-refractivity contribution in [1.29, 1.82) is 0 Å². The van der Waals surface area contributed by atoms with E-state index < -0.39 is 18.2 Å². The summed E-state index contributed by atoms with van der Waals surface area (Å²) in [4.78, 5) is 37.0. The normalized spacial score (nSPS) is 14.6. The van der Waals surface area contributed by atoms with Gasteiger partial charge in [-0.15, -0.1) is 0 Å². The Morgan fingerprint density at radius 1 is 1.03 bits per heavy atom. The van der Waals surface area contributed by atoms with Gasteiger partial charge in [0.2, 0.25) is 0 Å². The van der Waals surface area contributed by atoms with Crippen LogP contribution in [0.3, 0.4) is 0 Å². The van der Waals surface area contributed by atoms with E-state index in [0.717, 1.165) is 33.6 Å². The Hall–Kier alpha value is -4.92. The van der Waals surface area contributed by atoms with Crippen LogP contribution in [0.15, 0.2) is 78.9 Å². The quantitative estimate of drug-likeness (QED) is 0.347. The molecule has 0 spiro atoms. The first-order valence-electron chi connectivity index (χ1n) is 12.2. The summed E-state index contributed by atoms with van der Waals surface area (Å²) in [6.07, 6.45) is -0.386. The van der Waals surface area contributed by atoms with Gasteiger partial charge in [0.15, 0.2) is 5.69 Å². The standard InChI is InChI=1S/C29H27N5O4/c1-18-15-25(27(30)35)32-34(18)23-10-7-19(8-11-23)16-22-17-21(9-12-24(22)20-5-3-2-4-6-20)28(36)31-26-13-14-33(26)29(37)38/h2-12,15,17,26H,13-14,16H2,1H3,(H2,30,35)(H,31,36)(H,37,38). The molecule has 1 atom stereocenters. The minimum atomic E-state index is -1.04. The molecule has 4 N–H and O–H groups in total. The maximum absolute atomic E-state index is 13.0. The van der Waals surface area contributed by atoms with E-state index in [2.05, 4.69) is 10.4 Å². The molecule has 2 heterocycles. The van der Waals surface area contributed by atoms with Crippen molar-refractivity contribution in [1.82, 2.24) is 20.0 Å². The first-order chi connectivity index (χ1) is 18.3. The zero-order valence-corrected chi connectivity index (χ0v) is 20.8. The van der Waals surface area contributed by atoms with Gasteiger partial charge in [-0.05, 0) is 65.9 Å². The van der Waals surface area contributed by atoms with E-state index >= 15 is 0 Å². The fourth-order valence-corrected chi connectivity index (χ4v) is 4.61. The SMILES string of the molecule is Cc1cc(C(N)=O)nn1-c1ccc(Cc2cc(C(=O)NC3CCN3C(=O)O)ccc2-c2ccccc2)cc1. The van der Waals surface area contributed by atoms with Crippen molar-refractivity contribution in [2.24, 2.45) is 5.73 Å². The summed E-state index contributed by atoms with van der Waals surface area (Å²) in [5, 5.41) is 16.3. The second-order valence-corrected chi connectivity index (χ2v) is 9.28. The van der Waals surface area contributed by atoms with Crippen molar-refractivity contribution in [3.8, 4) is 16.8 Å². The Bertz CT molecular complexity index is 1510. The van der Waals surface area contributed by atoms with Crippen molar-refractivity contribution in [3.63, 3.8) is 0 Å². The van der Waals surface area contributed by atoms with E-state index in [1.807, 2.05) is 73.7 Å². The van der Waals surface area contributed by atoms with Crippen LogP contribution in [0.25, 0.3) is 16.8 Å². The third-order valence-electron chi connectivity index (χ3n) is 6.73. The van der Waals surface area contributed by atoms with Crippen LogP contribution in [0, 0.1) is 6.92 Å². The van der Waals surface area contributed by atoms with Gasteiger partial charge in [-0.3, -0.25) is 14.5 Å². The molecule has 38 heavy (non-hydrogen) atoms. The Kier molecular flexibility index (Phi) is 6.66. The van der Waals surface area contributed by atoms with Crippen molar-refractivity contribution < 1.29 is 19.5 Å². The molecule has 1 saturated heterocycles. The lowest BCUT2D eigenvalue weighted by Crippen LogP contribution is -2.59. The molecule has 1 aliphatic heterocycles. The number of nitrogens with one attached hydrogen (secondary N) is 1. The van der Waals surface area contributed by atoms with Gasteiger partial charge in [0.05, 0.1) is 5.69 Å². The number of primary amides is 1. The highest BCUT2D eigenvalue weighted by Gasteiger charge is 2.33. The number of hydrogen-bond acceptors (Lipinski definition) is 4. The summed E-state index contributed by atoms with van der Waals surface area (Å²) in [5.41, 5.74) is 11.7. The van der Waals surface area contributed by atoms with E-state index in [1.165, 1.54) is 4.90 Å². The van der Waals surface area contributed by atoms with E-state index in [-0.39, 0.29) is 11.6 Å². The highest BCUT2D eigenvalue weighted by Crippen LogP contribution is 2.28. The first-order valence-corrected chi connectivity index (χ1v) is 12.2. The van der Waals surface area contributed by atoms with Gasteiger partial charge in [-0.25, -0.2) is 9.48 Å². The third kappa shape index (κ3) is 4.99. The van der Waals surface area contributed by atoms with Gasteiger partial charge in [-0.2, -0.15) is 5.10 Å². The van der Waals surface area contributed by atoms with Gasteiger partial charge < -0.3 is 16.2 Å². The lowest BCUT2D eigenvalue weighted by atomic mass is 9.93. The number of rotatable bonds is 7. The average Bonchev–Trinajstić information content (AvgIpc) is 3.29. The van der Waals surface area contributed by atoms with E-state index in [4.69, 9.17) is 5.73 Å². The predicted octanol–water partition coefficient (Wildman–Crippen LogP) is 3.98. The van der Waals surface area contributed by atoms with Crippen LogP contribution in [0.2, 0.25) is 0 Å². The smallest absolute Gasteiger partial charge is 0.408 e. The molecule has 0 radical (unpaired) electrons. The van der Waals surface area contributed by atoms with E-state index in [0.29, 0.717) is 24.9 Å². The maximum atomic E-state index is 13.0. The number of likely N-dealkylation sites (tertiary alicyclic amines) is 1. The molecule has 3 aromatic carbocycles. The number of carbonyl (C=O) groups is 3. The van der Waals surface area contributed by atoms with Gasteiger partial charge in [0.25, 0.3) is 11.8 Å². The molecule has 0 bridgehead atoms. The summed E-state index contributed by atoms with van der Waals surface area (Å²) in [7, 11) is 0. The fraction of sp³-hybridized carbons (Fsp3) is 0.172. The molecule has 3 amide bonds. The minimum Gasteiger partial charge on any atom is -0.465 e. The van der Waals surface area contributed by atoms with Crippen molar-refractivity contribution in [2.45, 2.75) is 25.9 Å². The number of amides is 3. The lowest BCUT2D eigenvalue weighted by molar-refractivity contribution is 0.0523. The molecule has 0 saturated carbocycles. The highest BCUT2D eigenvalue weighted by atomic mass is 16.4. The van der Waals surface area contributed by atoms with Crippen LogP contribution in [0.4, 0.5) is 4.79 Å². The van der Waals surface area contributed by atoms with Crippen molar-refractivity contribution in [3.05, 3.63) is 107 Å². The van der Waals surface area contributed by atoms with Gasteiger partial charge in [-0.1, -0.05) is 48.5 Å². The number of aryl methyl sites for hydroxylation is 1. The molecule has 4 aromatic rings. The number of hydrogen-bond donors (Lipinski definition) is 3. The Morgan fingerprint density at radius 2 is 1.76 bits per heavy atom. The monoisotopic (exact) mass is 509 g/mol. The molecule has 1 unspecified atom stereocenters. The molecule has 1 aliphatic rings. The van der Waals surface area contributed by atoms with E-state index in [1.54, 1.807) is 16.8 Å². The third-order valence-corrected chi connectivity index (χ3v) is 6.73. The number of aromatic nitrogens is 2. The number of nitrogens with two attached hydrogens (primary N) is 1. The molecule has 0 aliphatic carbocycles. The number of carboxylic acid groups (broad SMARTS) is 1. The van der Waals surface area contributed by atoms with Gasteiger partial charge in [0.1, 0.15) is 6.17 Å². The number of carbonyl (C=O) groups excluding carboxylic acids is 2.